The van der Waals surface area contributed by atoms with Crippen molar-refractivity contribution < 1.29 is 0 Å². The summed E-state index contributed by atoms with van der Waals surface area (Å²) in [6.45, 7) is 9.34. The Hall–Kier alpha value is -0.860. The Kier molecular flexibility index (Phi) is 5.21. The summed E-state index contributed by atoms with van der Waals surface area (Å²) in [5.74, 6) is 0.728. The second-order valence-electron chi connectivity index (χ2n) is 5.67. The van der Waals surface area contributed by atoms with E-state index in [9.17, 15) is 0 Å². The van der Waals surface area contributed by atoms with Crippen LogP contribution in [-0.4, -0.2) is 30.6 Å². The summed E-state index contributed by atoms with van der Waals surface area (Å²) in [6.07, 6.45) is 2.75. The lowest BCUT2D eigenvalue weighted by Crippen LogP contribution is -2.44. The Labute approximate surface area is 111 Å². The van der Waals surface area contributed by atoms with Crippen molar-refractivity contribution in [1.82, 2.24) is 10.2 Å². The van der Waals surface area contributed by atoms with Gasteiger partial charge in [-0.15, -0.1) is 0 Å². The molecule has 2 rings (SSSR count). The molecule has 1 atom stereocenters. The molecule has 1 saturated heterocycles. The van der Waals surface area contributed by atoms with Crippen LogP contribution in [0.5, 0.6) is 0 Å². The van der Waals surface area contributed by atoms with E-state index in [2.05, 4.69) is 54.4 Å². The second kappa shape index (κ2) is 6.91. The molecule has 1 aliphatic rings. The molecular formula is C16H26N2. The van der Waals surface area contributed by atoms with E-state index < -0.39 is 0 Å². The minimum absolute atomic E-state index is 0.691. The monoisotopic (exact) mass is 246 g/mol. The van der Waals surface area contributed by atoms with Gasteiger partial charge >= 0.3 is 0 Å². The highest BCUT2D eigenvalue weighted by Gasteiger charge is 2.23. The number of rotatable bonds is 6. The van der Waals surface area contributed by atoms with E-state index in [4.69, 9.17) is 0 Å². The van der Waals surface area contributed by atoms with Crippen molar-refractivity contribution in [2.45, 2.75) is 39.3 Å². The molecule has 0 unspecified atom stereocenters. The summed E-state index contributed by atoms with van der Waals surface area (Å²) >= 11 is 0. The fourth-order valence-electron chi connectivity index (χ4n) is 2.82. The highest BCUT2D eigenvalue weighted by molar-refractivity contribution is 5.14. The van der Waals surface area contributed by atoms with Gasteiger partial charge in [0, 0.05) is 19.1 Å². The van der Waals surface area contributed by atoms with Gasteiger partial charge in [-0.2, -0.15) is 0 Å². The summed E-state index contributed by atoms with van der Waals surface area (Å²) in [5.41, 5.74) is 1.38. The second-order valence-corrected chi connectivity index (χ2v) is 5.67. The zero-order valence-electron chi connectivity index (χ0n) is 11.7. The quantitative estimate of drug-likeness (QED) is 0.830. The Bertz CT molecular complexity index is 328. The molecule has 0 amide bonds. The van der Waals surface area contributed by atoms with Gasteiger partial charge in [-0.05, 0) is 37.4 Å². The Morgan fingerprint density at radius 1 is 1.11 bits per heavy atom. The zero-order valence-corrected chi connectivity index (χ0v) is 11.7. The fraction of sp³-hybridized carbons (Fsp3) is 0.625. The van der Waals surface area contributed by atoms with E-state index >= 15 is 0 Å². The average molecular weight is 246 g/mol. The van der Waals surface area contributed by atoms with Crippen molar-refractivity contribution in [1.29, 1.82) is 0 Å². The number of nitrogens with zero attached hydrogens (tertiary/aromatic N) is 1. The maximum absolute atomic E-state index is 3.62. The van der Waals surface area contributed by atoms with Crippen LogP contribution in [0.4, 0.5) is 0 Å². The number of likely N-dealkylation sites (tertiary alicyclic amines) is 1. The molecule has 2 nitrogen and oxygen atoms in total. The first-order valence-corrected chi connectivity index (χ1v) is 7.26. The molecule has 1 fully saturated rings. The summed E-state index contributed by atoms with van der Waals surface area (Å²) in [7, 11) is 0. The molecule has 2 heteroatoms. The number of nitrogens with one attached hydrogen (secondary N) is 1. The van der Waals surface area contributed by atoms with E-state index in [0.717, 1.165) is 19.0 Å². The van der Waals surface area contributed by atoms with E-state index in [1.165, 1.54) is 31.5 Å². The molecule has 0 saturated carbocycles. The Morgan fingerprint density at radius 3 is 2.39 bits per heavy atom. The van der Waals surface area contributed by atoms with Crippen LogP contribution in [0.1, 0.15) is 32.3 Å². The van der Waals surface area contributed by atoms with Gasteiger partial charge in [0.15, 0.2) is 0 Å². The predicted molar refractivity (Wildman–Crippen MR) is 77.6 cm³/mol. The molecule has 0 bridgehead atoms. The molecule has 0 radical (unpaired) electrons. The van der Waals surface area contributed by atoms with E-state index in [1.54, 1.807) is 0 Å². The van der Waals surface area contributed by atoms with E-state index in [1.807, 2.05) is 0 Å². The smallest absolute Gasteiger partial charge is 0.0243 e. The van der Waals surface area contributed by atoms with Crippen LogP contribution in [0, 0.1) is 5.92 Å². The third-order valence-corrected chi connectivity index (χ3v) is 3.90. The number of benzene rings is 1. The van der Waals surface area contributed by atoms with Gasteiger partial charge in [-0.3, -0.25) is 4.90 Å². The van der Waals surface area contributed by atoms with Crippen molar-refractivity contribution in [3.8, 4) is 0 Å². The molecule has 1 heterocycles. The molecule has 1 aromatic carbocycles. The van der Waals surface area contributed by atoms with Gasteiger partial charge in [0.05, 0.1) is 0 Å². The van der Waals surface area contributed by atoms with Crippen molar-refractivity contribution in [2.75, 3.05) is 19.6 Å². The summed E-state index contributed by atoms with van der Waals surface area (Å²) in [5, 5.41) is 3.62. The Balaban J connectivity index is 1.79. The molecular weight excluding hydrogens is 220 g/mol. The van der Waals surface area contributed by atoms with Gasteiger partial charge in [-0.1, -0.05) is 44.2 Å². The van der Waals surface area contributed by atoms with Crippen molar-refractivity contribution in [3.63, 3.8) is 0 Å². The first kappa shape index (κ1) is 13.6. The molecule has 1 aromatic rings. The lowest BCUT2D eigenvalue weighted by atomic mass is 10.0. The predicted octanol–water partition coefficient (Wildman–Crippen LogP) is 2.90. The van der Waals surface area contributed by atoms with Gasteiger partial charge in [0.25, 0.3) is 0 Å². The molecule has 0 spiro atoms. The SMILES string of the molecule is CC(C)[C@@H](CNCc1ccccc1)N1CCCC1. The minimum atomic E-state index is 0.691. The third-order valence-electron chi connectivity index (χ3n) is 3.90. The van der Waals surface area contributed by atoms with Crippen LogP contribution in [0.2, 0.25) is 0 Å². The molecule has 0 aromatic heterocycles. The van der Waals surface area contributed by atoms with E-state index in [-0.39, 0.29) is 0 Å². The molecule has 0 aliphatic carbocycles. The lowest BCUT2D eigenvalue weighted by Gasteiger charge is -2.31. The van der Waals surface area contributed by atoms with Crippen LogP contribution in [0.25, 0.3) is 0 Å². The third kappa shape index (κ3) is 3.82. The van der Waals surface area contributed by atoms with Crippen LogP contribution < -0.4 is 5.32 Å². The van der Waals surface area contributed by atoms with Crippen molar-refractivity contribution in [2.24, 2.45) is 5.92 Å². The van der Waals surface area contributed by atoms with Gasteiger partial charge < -0.3 is 5.32 Å². The minimum Gasteiger partial charge on any atom is -0.311 e. The summed E-state index contributed by atoms with van der Waals surface area (Å²) in [4.78, 5) is 2.66. The number of hydrogen-bond donors (Lipinski definition) is 1. The maximum atomic E-state index is 3.62. The summed E-state index contributed by atoms with van der Waals surface area (Å²) < 4.78 is 0. The molecule has 1 N–H and O–H groups in total. The highest BCUT2D eigenvalue weighted by atomic mass is 15.2. The normalized spacial score (nSPS) is 18.4. The van der Waals surface area contributed by atoms with Crippen LogP contribution in [0.3, 0.4) is 0 Å². The van der Waals surface area contributed by atoms with Crippen LogP contribution >= 0.6 is 0 Å². The first-order chi connectivity index (χ1) is 8.77. The van der Waals surface area contributed by atoms with Gasteiger partial charge in [0.1, 0.15) is 0 Å². The standard InChI is InChI=1S/C16H26N2/c1-14(2)16(18-10-6-7-11-18)13-17-12-15-8-4-3-5-9-15/h3-5,8-9,14,16-17H,6-7,10-13H2,1-2H3/t16-/m1/s1. The molecule has 100 valence electrons. The fourth-order valence-corrected chi connectivity index (χ4v) is 2.82. The topological polar surface area (TPSA) is 15.3 Å². The maximum Gasteiger partial charge on any atom is 0.0243 e. The highest BCUT2D eigenvalue weighted by Crippen LogP contribution is 2.17. The molecule has 1 aliphatic heterocycles. The lowest BCUT2D eigenvalue weighted by molar-refractivity contribution is 0.186. The van der Waals surface area contributed by atoms with Gasteiger partial charge in [-0.25, -0.2) is 0 Å². The first-order valence-electron chi connectivity index (χ1n) is 7.26. The largest absolute Gasteiger partial charge is 0.311 e. The van der Waals surface area contributed by atoms with E-state index in [0.29, 0.717) is 6.04 Å². The van der Waals surface area contributed by atoms with Gasteiger partial charge in [0.2, 0.25) is 0 Å². The Morgan fingerprint density at radius 2 is 1.78 bits per heavy atom. The summed E-state index contributed by atoms with van der Waals surface area (Å²) in [6, 6.07) is 11.4. The van der Waals surface area contributed by atoms with Crippen LogP contribution in [-0.2, 0) is 6.54 Å². The van der Waals surface area contributed by atoms with Crippen LogP contribution in [0.15, 0.2) is 30.3 Å². The number of hydrogen-bond acceptors (Lipinski definition) is 2. The van der Waals surface area contributed by atoms with Crippen molar-refractivity contribution >= 4 is 0 Å². The van der Waals surface area contributed by atoms with Crippen molar-refractivity contribution in [3.05, 3.63) is 35.9 Å². The molecule has 18 heavy (non-hydrogen) atoms. The average Bonchev–Trinajstić information content (AvgIpc) is 2.89. The zero-order chi connectivity index (χ0) is 12.8.